The molecule has 0 spiro atoms. The van der Waals surface area contributed by atoms with Crippen LogP contribution in [0.5, 0.6) is 0 Å². The zero-order valence-electron chi connectivity index (χ0n) is 26.6. The fourth-order valence-corrected chi connectivity index (χ4v) is 6.97. The van der Waals surface area contributed by atoms with E-state index >= 15 is 0 Å². The number of amides is 3. The SMILES string of the molecule is CCO[PH](=O)C[C@@H](C[C@@H](COC(=O)Nc1cc2ccccc2cn1)N(C)C(=O)NCc1cccc(F)c1F)OP(=O)(OCC)OCC. The van der Waals surface area contributed by atoms with Gasteiger partial charge in [-0.15, -0.1) is 0 Å². The number of phosphoric acid groups is 1. The van der Waals surface area contributed by atoms with Crippen LogP contribution in [0.15, 0.2) is 54.7 Å². The van der Waals surface area contributed by atoms with Gasteiger partial charge < -0.3 is 19.5 Å². The molecule has 0 saturated heterocycles. The van der Waals surface area contributed by atoms with Crippen molar-refractivity contribution in [3.63, 3.8) is 0 Å². The number of pyridine rings is 1. The number of rotatable bonds is 18. The van der Waals surface area contributed by atoms with Crippen molar-refractivity contribution < 1.29 is 50.3 Å². The summed E-state index contributed by atoms with van der Waals surface area (Å²) >= 11 is 0. The molecule has 0 aliphatic rings. The summed E-state index contributed by atoms with van der Waals surface area (Å²) in [6, 6.07) is 10.9. The largest absolute Gasteiger partial charge is 0.475 e. The van der Waals surface area contributed by atoms with Gasteiger partial charge in [-0.25, -0.2) is 27.9 Å². The van der Waals surface area contributed by atoms with Crippen molar-refractivity contribution in [1.29, 1.82) is 0 Å². The molecule has 0 radical (unpaired) electrons. The highest BCUT2D eigenvalue weighted by molar-refractivity contribution is 7.48. The molecule has 2 N–H and O–H groups in total. The molecule has 3 rings (SSSR count). The van der Waals surface area contributed by atoms with E-state index in [1.807, 2.05) is 24.3 Å². The molecule has 3 aromatic rings. The Hall–Kier alpha value is -3.45. The lowest BCUT2D eigenvalue weighted by Gasteiger charge is -2.32. The fourth-order valence-electron chi connectivity index (χ4n) is 4.42. The quantitative estimate of drug-likeness (QED) is 0.136. The van der Waals surface area contributed by atoms with Crippen molar-refractivity contribution >= 4 is 44.6 Å². The number of anilines is 1. The third-order valence-corrected chi connectivity index (χ3v) is 9.79. The van der Waals surface area contributed by atoms with Gasteiger partial charge in [0.25, 0.3) is 0 Å². The summed E-state index contributed by atoms with van der Waals surface area (Å²) < 4.78 is 80.8. The average molecular weight is 701 g/mol. The Labute approximate surface area is 272 Å². The molecule has 47 heavy (non-hydrogen) atoms. The predicted octanol–water partition coefficient (Wildman–Crippen LogP) is 6.74. The molecular weight excluding hydrogens is 660 g/mol. The number of nitrogens with zero attached hydrogens (tertiary/aromatic N) is 2. The average Bonchev–Trinajstić information content (AvgIpc) is 3.03. The Morgan fingerprint density at radius 2 is 1.72 bits per heavy atom. The van der Waals surface area contributed by atoms with Gasteiger partial charge >= 0.3 is 19.9 Å². The van der Waals surface area contributed by atoms with E-state index in [1.54, 1.807) is 33.0 Å². The van der Waals surface area contributed by atoms with E-state index < -0.39 is 58.4 Å². The van der Waals surface area contributed by atoms with Crippen LogP contribution in [0.4, 0.5) is 24.2 Å². The van der Waals surface area contributed by atoms with Crippen molar-refractivity contribution in [2.45, 2.75) is 45.9 Å². The highest BCUT2D eigenvalue weighted by Gasteiger charge is 2.34. The first-order chi connectivity index (χ1) is 22.5. The van der Waals surface area contributed by atoms with Crippen LogP contribution in [0.3, 0.4) is 0 Å². The lowest BCUT2D eigenvalue weighted by molar-refractivity contribution is 0.0605. The summed E-state index contributed by atoms with van der Waals surface area (Å²) in [7, 11) is -5.46. The van der Waals surface area contributed by atoms with E-state index in [1.165, 1.54) is 19.2 Å². The van der Waals surface area contributed by atoms with Gasteiger partial charge in [0.1, 0.15) is 12.4 Å². The summed E-state index contributed by atoms with van der Waals surface area (Å²) in [5, 5.41) is 6.74. The van der Waals surface area contributed by atoms with E-state index in [0.29, 0.717) is 0 Å². The van der Waals surface area contributed by atoms with E-state index in [0.717, 1.165) is 21.7 Å². The van der Waals surface area contributed by atoms with Gasteiger partial charge in [0.2, 0.25) is 0 Å². The number of aromatic nitrogens is 1. The maximum Gasteiger partial charge on any atom is 0.475 e. The van der Waals surface area contributed by atoms with Crippen LogP contribution < -0.4 is 10.6 Å². The van der Waals surface area contributed by atoms with Crippen LogP contribution in [-0.2, 0) is 38.5 Å². The zero-order valence-corrected chi connectivity index (χ0v) is 28.5. The molecule has 2 aromatic carbocycles. The number of ether oxygens (including phenoxy) is 1. The Morgan fingerprint density at radius 1 is 1.02 bits per heavy atom. The Kier molecular flexibility index (Phi) is 15.2. The number of carbonyl (C=O) groups excluding carboxylic acids is 2. The van der Waals surface area contributed by atoms with Crippen LogP contribution >= 0.6 is 15.9 Å². The molecule has 0 fully saturated rings. The number of carbonyl (C=O) groups is 2. The Morgan fingerprint density at radius 3 is 2.40 bits per heavy atom. The maximum atomic E-state index is 14.2. The van der Waals surface area contributed by atoms with Crippen molar-refractivity contribution in [2.24, 2.45) is 0 Å². The highest BCUT2D eigenvalue weighted by atomic mass is 31.2. The summed E-state index contributed by atoms with van der Waals surface area (Å²) in [6.07, 6.45) is -0.816. The third kappa shape index (κ3) is 11.9. The summed E-state index contributed by atoms with van der Waals surface area (Å²) in [4.78, 5) is 31.4. The molecule has 17 heteroatoms. The Bertz CT molecular complexity index is 1560. The molecule has 0 aliphatic heterocycles. The molecule has 1 heterocycles. The van der Waals surface area contributed by atoms with Gasteiger partial charge in [-0.3, -0.25) is 23.5 Å². The molecule has 3 atom stereocenters. The van der Waals surface area contributed by atoms with E-state index in [9.17, 15) is 27.5 Å². The maximum absolute atomic E-state index is 14.2. The molecule has 0 aliphatic carbocycles. The molecular formula is C30H40F2N4O9P2. The van der Waals surface area contributed by atoms with Gasteiger partial charge in [0.05, 0.1) is 32.0 Å². The number of phosphoric ester groups is 1. The monoisotopic (exact) mass is 700 g/mol. The number of nitrogens with one attached hydrogen (secondary N) is 2. The van der Waals surface area contributed by atoms with Gasteiger partial charge in [-0.1, -0.05) is 36.4 Å². The standard InChI is InChI=1S/C30H40F2N4O9P2/c1-5-42-46(39)20-25(45-47(40,43-6-2)44-7-3)16-24(36(4)29(37)34-18-23-13-10-14-26(31)28(23)32)19-41-30(38)35-27-15-21-11-8-9-12-22(21)17-33-27/h8-15,17,24-25,46H,5-7,16,18-20H2,1-4H3,(H,34,37)(H,33,35,38)/t24-,25+/m0/s1. The van der Waals surface area contributed by atoms with Crippen LogP contribution in [0.25, 0.3) is 10.8 Å². The number of hydrogen-bond acceptors (Lipinski definition) is 10. The summed E-state index contributed by atoms with van der Waals surface area (Å²) in [5.74, 6) is -1.95. The lowest BCUT2D eigenvalue weighted by Crippen LogP contribution is -2.47. The molecule has 0 bridgehead atoms. The second-order valence-electron chi connectivity index (χ2n) is 10.0. The number of likely N-dealkylation sites (N-methyl/N-ethyl adjacent to an activating group) is 1. The first-order valence-corrected chi connectivity index (χ1v) is 17.9. The van der Waals surface area contributed by atoms with Crippen LogP contribution in [0.1, 0.15) is 32.8 Å². The third-order valence-electron chi connectivity index (χ3n) is 6.68. The smallest absolute Gasteiger partial charge is 0.447 e. The number of halogens is 2. The normalized spacial score (nSPS) is 13.5. The minimum absolute atomic E-state index is 0.0148. The van der Waals surface area contributed by atoms with Crippen molar-refractivity contribution in [1.82, 2.24) is 15.2 Å². The second kappa shape index (κ2) is 18.8. The number of urea groups is 1. The van der Waals surface area contributed by atoms with E-state index in [2.05, 4.69) is 15.6 Å². The van der Waals surface area contributed by atoms with Gasteiger partial charge in [0, 0.05) is 36.9 Å². The summed E-state index contributed by atoms with van der Waals surface area (Å²) in [6.45, 7) is 4.18. The van der Waals surface area contributed by atoms with Gasteiger partial charge in [-0.2, -0.15) is 0 Å². The van der Waals surface area contributed by atoms with Crippen molar-refractivity contribution in [3.05, 3.63) is 71.9 Å². The Balaban J connectivity index is 1.82. The minimum atomic E-state index is -4.13. The molecule has 258 valence electrons. The first-order valence-electron chi connectivity index (χ1n) is 14.9. The molecule has 1 aromatic heterocycles. The first kappa shape index (κ1) is 38.0. The second-order valence-corrected chi connectivity index (χ2v) is 13.1. The molecule has 13 nitrogen and oxygen atoms in total. The van der Waals surface area contributed by atoms with E-state index in [4.69, 9.17) is 22.8 Å². The topological polar surface area (TPSA) is 155 Å². The zero-order chi connectivity index (χ0) is 34.4. The van der Waals surface area contributed by atoms with Gasteiger partial charge in [0.15, 0.2) is 19.7 Å². The number of fused-ring (bicyclic) bond motifs is 1. The number of benzene rings is 2. The highest BCUT2D eigenvalue weighted by Crippen LogP contribution is 2.51. The minimum Gasteiger partial charge on any atom is -0.447 e. The van der Waals surface area contributed by atoms with Crippen LogP contribution in [0, 0.1) is 11.6 Å². The van der Waals surface area contributed by atoms with E-state index in [-0.39, 0.29) is 50.3 Å². The lowest BCUT2D eigenvalue weighted by atomic mass is 10.1. The van der Waals surface area contributed by atoms with Crippen LogP contribution in [-0.4, -0.2) is 73.8 Å². The van der Waals surface area contributed by atoms with Crippen LogP contribution in [0.2, 0.25) is 0 Å². The van der Waals surface area contributed by atoms with Crippen molar-refractivity contribution in [2.75, 3.05) is 45.0 Å². The number of hydrogen-bond donors (Lipinski definition) is 2. The van der Waals surface area contributed by atoms with Gasteiger partial charge in [-0.05, 0) is 44.7 Å². The van der Waals surface area contributed by atoms with Crippen molar-refractivity contribution in [3.8, 4) is 0 Å². The molecule has 3 amide bonds. The molecule has 1 unspecified atom stereocenters. The molecule has 0 saturated carbocycles. The fraction of sp³-hybridized carbons (Fsp3) is 0.433. The predicted molar refractivity (Wildman–Crippen MR) is 173 cm³/mol. The summed E-state index contributed by atoms with van der Waals surface area (Å²) in [5.41, 5.74) is -0.0901.